The van der Waals surface area contributed by atoms with E-state index in [1.807, 2.05) is 32.0 Å². The van der Waals surface area contributed by atoms with Gasteiger partial charge in [-0.25, -0.2) is 19.2 Å². The van der Waals surface area contributed by atoms with Crippen LogP contribution in [0.2, 0.25) is 0 Å². The zero-order valence-electron chi connectivity index (χ0n) is 17.9. The summed E-state index contributed by atoms with van der Waals surface area (Å²) in [5, 5.41) is 0. The highest BCUT2D eigenvalue weighted by atomic mass is 19.1. The second kappa shape index (κ2) is 7.56. The molecule has 0 saturated carbocycles. The number of hydrogen-bond donors (Lipinski definition) is 1. The number of nitrogens with zero attached hydrogens (tertiary/aromatic N) is 5. The van der Waals surface area contributed by atoms with Crippen LogP contribution in [-0.4, -0.2) is 29.1 Å². The Morgan fingerprint density at radius 2 is 1.75 bits per heavy atom. The van der Waals surface area contributed by atoms with Crippen LogP contribution in [0.5, 0.6) is 0 Å². The lowest BCUT2D eigenvalue weighted by Gasteiger charge is -2.07. The van der Waals surface area contributed by atoms with Crippen LogP contribution in [0.4, 0.5) is 4.39 Å². The van der Waals surface area contributed by atoms with Crippen molar-refractivity contribution < 1.29 is 4.39 Å². The number of rotatable bonds is 4. The van der Waals surface area contributed by atoms with E-state index in [-0.39, 0.29) is 17.5 Å². The smallest absolute Gasteiger partial charge is 0.329 e. The van der Waals surface area contributed by atoms with E-state index in [1.165, 1.54) is 12.1 Å². The number of nitrogens with one attached hydrogen (secondary N) is 1. The average Bonchev–Trinajstić information content (AvgIpc) is 3.35. The van der Waals surface area contributed by atoms with Crippen LogP contribution in [0.1, 0.15) is 19.9 Å². The maximum absolute atomic E-state index is 13.5. The molecule has 0 unspecified atom stereocenters. The Bertz CT molecular complexity index is 1480. The first-order valence-corrected chi connectivity index (χ1v) is 10.3. The summed E-state index contributed by atoms with van der Waals surface area (Å²) in [6, 6.07) is 12.1. The molecule has 3 aromatic heterocycles. The number of imidazole rings is 2. The molecule has 2 aromatic carbocycles. The third-order valence-corrected chi connectivity index (χ3v) is 5.52. The SMILES string of the molecule is CC(C)n1c(=O)n(C)c2cc(-c3nc(-c4cnccn4)[nH]c3-c3ccc(F)cc3)ccc21. The Kier molecular flexibility index (Phi) is 4.70. The second-order valence-electron chi connectivity index (χ2n) is 7.92. The molecule has 0 fully saturated rings. The van der Waals surface area contributed by atoms with Crippen LogP contribution in [0, 0.1) is 5.82 Å². The lowest BCUT2D eigenvalue weighted by molar-refractivity contribution is 0.583. The summed E-state index contributed by atoms with van der Waals surface area (Å²) in [4.78, 5) is 29.3. The molecule has 0 atom stereocenters. The molecule has 0 aliphatic heterocycles. The number of H-pyrrole nitrogens is 1. The van der Waals surface area contributed by atoms with Crippen molar-refractivity contribution >= 4 is 11.0 Å². The molecule has 160 valence electrons. The van der Waals surface area contributed by atoms with Gasteiger partial charge in [-0.15, -0.1) is 0 Å². The van der Waals surface area contributed by atoms with Crippen LogP contribution in [0.25, 0.3) is 45.1 Å². The summed E-state index contributed by atoms with van der Waals surface area (Å²) in [7, 11) is 1.77. The minimum atomic E-state index is -0.310. The zero-order chi connectivity index (χ0) is 22.4. The normalized spacial score (nSPS) is 11.5. The number of aromatic nitrogens is 6. The van der Waals surface area contributed by atoms with Gasteiger partial charge in [0.2, 0.25) is 0 Å². The highest BCUT2D eigenvalue weighted by Crippen LogP contribution is 2.34. The number of hydrogen-bond acceptors (Lipinski definition) is 4. The van der Waals surface area contributed by atoms with Crippen molar-refractivity contribution in [3.63, 3.8) is 0 Å². The molecule has 32 heavy (non-hydrogen) atoms. The maximum Gasteiger partial charge on any atom is 0.329 e. The number of benzene rings is 2. The Hall–Kier alpha value is -4.07. The Balaban J connectivity index is 1.74. The van der Waals surface area contributed by atoms with E-state index in [2.05, 4.69) is 15.0 Å². The van der Waals surface area contributed by atoms with Crippen molar-refractivity contribution in [3.05, 3.63) is 77.4 Å². The van der Waals surface area contributed by atoms with E-state index in [9.17, 15) is 9.18 Å². The van der Waals surface area contributed by atoms with Gasteiger partial charge in [-0.3, -0.25) is 14.1 Å². The van der Waals surface area contributed by atoms with Gasteiger partial charge in [-0.2, -0.15) is 0 Å². The van der Waals surface area contributed by atoms with Crippen LogP contribution in [0.3, 0.4) is 0 Å². The number of fused-ring (bicyclic) bond motifs is 1. The molecule has 0 spiro atoms. The Morgan fingerprint density at radius 1 is 1.00 bits per heavy atom. The summed E-state index contributed by atoms with van der Waals surface area (Å²) < 4.78 is 17.0. The summed E-state index contributed by atoms with van der Waals surface area (Å²) in [5.74, 6) is 0.247. The molecular weight excluding hydrogens is 407 g/mol. The van der Waals surface area contributed by atoms with Gasteiger partial charge < -0.3 is 4.98 Å². The van der Waals surface area contributed by atoms with Crippen LogP contribution < -0.4 is 5.69 Å². The van der Waals surface area contributed by atoms with Gasteiger partial charge in [0.25, 0.3) is 0 Å². The van der Waals surface area contributed by atoms with Crippen molar-refractivity contribution in [1.82, 2.24) is 29.1 Å². The number of aryl methyl sites for hydroxylation is 1. The summed E-state index contributed by atoms with van der Waals surface area (Å²) >= 11 is 0. The zero-order valence-corrected chi connectivity index (χ0v) is 17.9. The predicted molar refractivity (Wildman–Crippen MR) is 122 cm³/mol. The van der Waals surface area contributed by atoms with Gasteiger partial charge in [0, 0.05) is 36.6 Å². The third-order valence-electron chi connectivity index (χ3n) is 5.52. The molecule has 0 amide bonds. The van der Waals surface area contributed by atoms with E-state index in [4.69, 9.17) is 4.98 Å². The number of halogens is 1. The van der Waals surface area contributed by atoms with E-state index >= 15 is 0 Å². The first-order valence-electron chi connectivity index (χ1n) is 10.3. The number of aromatic amines is 1. The average molecular weight is 428 g/mol. The fourth-order valence-corrected chi connectivity index (χ4v) is 3.96. The van der Waals surface area contributed by atoms with Crippen molar-refractivity contribution in [2.24, 2.45) is 7.05 Å². The molecule has 0 aliphatic rings. The van der Waals surface area contributed by atoms with Crippen LogP contribution >= 0.6 is 0 Å². The fraction of sp³-hybridized carbons (Fsp3) is 0.167. The molecule has 0 aliphatic carbocycles. The molecule has 8 heteroatoms. The van der Waals surface area contributed by atoms with Gasteiger partial charge in [0.1, 0.15) is 11.5 Å². The van der Waals surface area contributed by atoms with Crippen molar-refractivity contribution in [3.8, 4) is 34.0 Å². The van der Waals surface area contributed by atoms with Crippen molar-refractivity contribution in [2.75, 3.05) is 0 Å². The van der Waals surface area contributed by atoms with E-state index in [1.54, 1.807) is 46.9 Å². The molecule has 0 bridgehead atoms. The first-order chi connectivity index (χ1) is 15.4. The Morgan fingerprint density at radius 3 is 2.44 bits per heavy atom. The monoisotopic (exact) mass is 428 g/mol. The van der Waals surface area contributed by atoms with Gasteiger partial charge >= 0.3 is 5.69 Å². The lowest BCUT2D eigenvalue weighted by Crippen LogP contribution is -2.23. The van der Waals surface area contributed by atoms with Crippen LogP contribution in [-0.2, 0) is 7.05 Å². The quantitative estimate of drug-likeness (QED) is 0.455. The Labute approximate surface area is 183 Å². The van der Waals surface area contributed by atoms with Gasteiger partial charge in [0.15, 0.2) is 5.82 Å². The van der Waals surface area contributed by atoms with E-state index in [0.29, 0.717) is 17.2 Å². The molecule has 7 nitrogen and oxygen atoms in total. The minimum absolute atomic E-state index is 0.0421. The highest BCUT2D eigenvalue weighted by molar-refractivity contribution is 5.87. The molecular formula is C24H21FN6O. The summed E-state index contributed by atoms with van der Waals surface area (Å²) in [6.45, 7) is 3.98. The van der Waals surface area contributed by atoms with Crippen molar-refractivity contribution in [2.45, 2.75) is 19.9 Å². The second-order valence-corrected chi connectivity index (χ2v) is 7.92. The van der Waals surface area contributed by atoms with E-state index < -0.39 is 0 Å². The summed E-state index contributed by atoms with van der Waals surface area (Å²) in [5.41, 5.74) is 5.26. The topological polar surface area (TPSA) is 81.4 Å². The molecule has 0 saturated heterocycles. The fourth-order valence-electron chi connectivity index (χ4n) is 3.96. The van der Waals surface area contributed by atoms with Gasteiger partial charge in [-0.1, -0.05) is 6.07 Å². The lowest BCUT2D eigenvalue weighted by atomic mass is 10.0. The van der Waals surface area contributed by atoms with Gasteiger partial charge in [0.05, 0.1) is 28.6 Å². The molecule has 5 aromatic rings. The highest BCUT2D eigenvalue weighted by Gasteiger charge is 2.19. The first kappa shape index (κ1) is 19.9. The third kappa shape index (κ3) is 3.20. The molecule has 0 radical (unpaired) electrons. The molecule has 3 heterocycles. The summed E-state index contributed by atoms with van der Waals surface area (Å²) in [6.07, 6.45) is 4.83. The minimum Gasteiger partial charge on any atom is -0.336 e. The van der Waals surface area contributed by atoms with Crippen LogP contribution in [0.15, 0.2) is 65.8 Å². The van der Waals surface area contributed by atoms with E-state index in [0.717, 1.165) is 27.9 Å². The largest absolute Gasteiger partial charge is 0.336 e. The predicted octanol–water partition coefficient (Wildman–Crippen LogP) is 4.57. The standard InChI is InChI=1S/C24H21FN6O/c1-14(2)31-19-9-6-16(12-20(19)30(3)24(31)32)22-21(15-4-7-17(25)8-5-15)28-23(29-22)18-13-26-10-11-27-18/h4-14H,1-3H3,(H,28,29). The maximum atomic E-state index is 13.5. The molecule has 5 rings (SSSR count). The van der Waals surface area contributed by atoms with Crippen molar-refractivity contribution in [1.29, 1.82) is 0 Å². The van der Waals surface area contributed by atoms with Gasteiger partial charge in [-0.05, 0) is 50.2 Å². The molecule has 1 N–H and O–H groups in total.